The fraction of sp³-hybridized carbons (Fsp3) is 0.650. The Morgan fingerprint density at radius 1 is 0.962 bits per heavy atom. The van der Waals surface area contributed by atoms with Crippen LogP contribution in [0.4, 0.5) is 0 Å². The first kappa shape index (κ1) is 18.7. The molecule has 0 unspecified atom stereocenters. The van der Waals surface area contributed by atoms with E-state index in [0.717, 1.165) is 25.7 Å². The maximum Gasteiger partial charge on any atom is 0.339 e. The van der Waals surface area contributed by atoms with Crippen LogP contribution in [0.3, 0.4) is 0 Å². The number of rotatable bonds is 5. The molecule has 3 rings (SSSR count). The molecule has 6 heteroatoms. The van der Waals surface area contributed by atoms with Gasteiger partial charge in [0.2, 0.25) is 0 Å². The molecule has 2 aliphatic carbocycles. The smallest absolute Gasteiger partial charge is 0.339 e. The third kappa shape index (κ3) is 4.74. The van der Waals surface area contributed by atoms with Gasteiger partial charge in [-0.05, 0) is 25.7 Å². The predicted molar refractivity (Wildman–Crippen MR) is 96.3 cm³/mol. The molecule has 0 atom stereocenters. The highest BCUT2D eigenvalue weighted by atomic mass is 16.5. The van der Waals surface area contributed by atoms with Gasteiger partial charge in [0.25, 0.3) is 5.91 Å². The van der Waals surface area contributed by atoms with Crippen LogP contribution >= 0.6 is 0 Å². The van der Waals surface area contributed by atoms with Crippen molar-refractivity contribution in [2.24, 2.45) is 0 Å². The number of hydrogen-bond donors (Lipinski definition) is 0. The zero-order chi connectivity index (χ0) is 18.4. The van der Waals surface area contributed by atoms with E-state index in [1.54, 1.807) is 0 Å². The van der Waals surface area contributed by atoms with E-state index in [2.05, 4.69) is 0 Å². The minimum Gasteiger partial charge on any atom is -0.619 e. The topological polar surface area (TPSA) is 73.6 Å². The summed E-state index contributed by atoms with van der Waals surface area (Å²) in [5.74, 6) is -0.641. The van der Waals surface area contributed by atoms with E-state index in [0.29, 0.717) is 4.73 Å². The van der Waals surface area contributed by atoms with E-state index in [9.17, 15) is 14.8 Å². The Bertz CT molecular complexity index is 587. The van der Waals surface area contributed by atoms with Gasteiger partial charge in [0, 0.05) is 24.2 Å². The number of carbonyl (C=O) groups is 2. The lowest BCUT2D eigenvalue weighted by atomic mass is 9.88. The van der Waals surface area contributed by atoms with Crippen LogP contribution in [0.1, 0.15) is 74.6 Å². The molecule has 1 heterocycles. The minimum absolute atomic E-state index is 0.0769. The fourth-order valence-corrected chi connectivity index (χ4v) is 4.26. The highest BCUT2D eigenvalue weighted by molar-refractivity contribution is 5.91. The van der Waals surface area contributed by atoms with Crippen LogP contribution in [0.15, 0.2) is 24.5 Å². The maximum atomic E-state index is 12.9. The lowest BCUT2D eigenvalue weighted by molar-refractivity contribution is -0.605. The molecule has 0 radical (unpaired) electrons. The predicted octanol–water partition coefficient (Wildman–Crippen LogP) is 2.97. The van der Waals surface area contributed by atoms with Gasteiger partial charge in [-0.3, -0.25) is 4.79 Å². The summed E-state index contributed by atoms with van der Waals surface area (Å²) in [5.41, 5.74) is 0.284. The number of amides is 1. The fourth-order valence-electron chi connectivity index (χ4n) is 4.26. The van der Waals surface area contributed by atoms with Crippen molar-refractivity contribution in [3.05, 3.63) is 35.3 Å². The summed E-state index contributed by atoms with van der Waals surface area (Å²) >= 11 is 0. The Kier molecular flexibility index (Phi) is 6.47. The van der Waals surface area contributed by atoms with Crippen molar-refractivity contribution in [2.45, 2.75) is 76.3 Å². The first-order valence-corrected chi connectivity index (χ1v) is 9.82. The zero-order valence-corrected chi connectivity index (χ0v) is 15.3. The van der Waals surface area contributed by atoms with Crippen molar-refractivity contribution in [1.82, 2.24) is 4.90 Å². The molecule has 2 fully saturated rings. The molecule has 0 spiro atoms. The Hall–Kier alpha value is -2.11. The summed E-state index contributed by atoms with van der Waals surface area (Å²) in [4.78, 5) is 27.1. The molecule has 0 N–H and O–H groups in total. The molecular formula is C20H28N2O4. The van der Waals surface area contributed by atoms with E-state index in [-0.39, 0.29) is 30.2 Å². The lowest BCUT2D eigenvalue weighted by Gasteiger charge is -2.41. The molecule has 6 nitrogen and oxygen atoms in total. The van der Waals surface area contributed by atoms with E-state index in [4.69, 9.17) is 4.74 Å². The standard InChI is InChI=1S/C20H28N2O4/c23-19(15-26-20(24)16-11-13-21(25)14-12-16)22(17-7-3-1-4-8-17)18-9-5-2-6-10-18/h11-14,17-18H,1-10,15H2. The van der Waals surface area contributed by atoms with Crippen LogP contribution in [0, 0.1) is 5.21 Å². The van der Waals surface area contributed by atoms with Crippen LogP contribution in [0.25, 0.3) is 0 Å². The Morgan fingerprint density at radius 3 is 1.96 bits per heavy atom. The SMILES string of the molecule is O=C(OCC(=O)N(C1CCCCC1)C1CCCCC1)c1cc[n+]([O-])cc1. The molecule has 1 aromatic heterocycles. The molecular weight excluding hydrogens is 332 g/mol. The summed E-state index contributed by atoms with van der Waals surface area (Å²) in [6.07, 6.45) is 13.9. The van der Waals surface area contributed by atoms with E-state index >= 15 is 0 Å². The molecule has 0 saturated heterocycles. The number of aromatic nitrogens is 1. The van der Waals surface area contributed by atoms with Gasteiger partial charge in [-0.1, -0.05) is 38.5 Å². The quantitative estimate of drug-likeness (QED) is 0.460. The lowest BCUT2D eigenvalue weighted by Crippen LogP contribution is -2.50. The number of hydrogen-bond acceptors (Lipinski definition) is 4. The molecule has 1 amide bonds. The van der Waals surface area contributed by atoms with E-state index in [1.807, 2.05) is 4.90 Å². The molecule has 142 valence electrons. The average molecular weight is 360 g/mol. The highest BCUT2D eigenvalue weighted by Crippen LogP contribution is 2.30. The second kappa shape index (κ2) is 9.01. The summed E-state index contributed by atoms with van der Waals surface area (Å²) in [6, 6.07) is 3.38. The van der Waals surface area contributed by atoms with Gasteiger partial charge in [0.15, 0.2) is 19.0 Å². The molecule has 0 bridgehead atoms. The van der Waals surface area contributed by atoms with Gasteiger partial charge in [-0.25, -0.2) is 4.79 Å². The number of pyridine rings is 1. The Morgan fingerprint density at radius 2 is 1.46 bits per heavy atom. The van der Waals surface area contributed by atoms with Crippen molar-refractivity contribution in [3.63, 3.8) is 0 Å². The van der Waals surface area contributed by atoms with Gasteiger partial charge < -0.3 is 14.8 Å². The van der Waals surface area contributed by atoms with Crippen LogP contribution in [0.2, 0.25) is 0 Å². The summed E-state index contributed by atoms with van der Waals surface area (Å²) in [5, 5.41) is 11.1. The highest BCUT2D eigenvalue weighted by Gasteiger charge is 2.32. The van der Waals surface area contributed by atoms with E-state index < -0.39 is 5.97 Å². The van der Waals surface area contributed by atoms with Gasteiger partial charge in [0.1, 0.15) is 0 Å². The monoisotopic (exact) mass is 360 g/mol. The molecule has 0 aromatic carbocycles. The molecule has 1 aromatic rings. The van der Waals surface area contributed by atoms with Gasteiger partial charge in [0.05, 0.1) is 5.56 Å². The molecule has 2 saturated carbocycles. The first-order valence-electron chi connectivity index (χ1n) is 9.82. The van der Waals surface area contributed by atoms with E-state index in [1.165, 1.54) is 63.1 Å². The van der Waals surface area contributed by atoms with Crippen LogP contribution in [0.5, 0.6) is 0 Å². The van der Waals surface area contributed by atoms with Crippen molar-refractivity contribution in [2.75, 3.05) is 6.61 Å². The maximum absolute atomic E-state index is 12.9. The molecule has 26 heavy (non-hydrogen) atoms. The van der Waals surface area contributed by atoms with Crippen LogP contribution in [-0.4, -0.2) is 35.5 Å². The van der Waals surface area contributed by atoms with Crippen molar-refractivity contribution in [1.29, 1.82) is 0 Å². The van der Waals surface area contributed by atoms with Gasteiger partial charge in [-0.2, -0.15) is 4.73 Å². The van der Waals surface area contributed by atoms with Gasteiger partial charge in [-0.15, -0.1) is 0 Å². The third-order valence-electron chi connectivity index (χ3n) is 5.59. The summed E-state index contributed by atoms with van der Waals surface area (Å²) in [7, 11) is 0. The average Bonchev–Trinajstić information content (AvgIpc) is 2.68. The third-order valence-corrected chi connectivity index (χ3v) is 5.59. The summed E-state index contributed by atoms with van der Waals surface area (Å²) in [6.45, 7) is -0.224. The Labute approximate surface area is 154 Å². The van der Waals surface area contributed by atoms with Crippen molar-refractivity contribution < 1.29 is 19.1 Å². The second-order valence-corrected chi connectivity index (χ2v) is 7.41. The van der Waals surface area contributed by atoms with Crippen LogP contribution in [-0.2, 0) is 9.53 Å². The Balaban J connectivity index is 1.62. The number of nitrogens with zero attached hydrogens (tertiary/aromatic N) is 2. The molecule has 0 aliphatic heterocycles. The zero-order valence-electron chi connectivity index (χ0n) is 15.3. The first-order chi connectivity index (χ1) is 12.6. The molecule has 2 aliphatic rings. The second-order valence-electron chi connectivity index (χ2n) is 7.41. The number of carbonyl (C=O) groups excluding carboxylic acids is 2. The normalized spacial score (nSPS) is 19.1. The van der Waals surface area contributed by atoms with Crippen molar-refractivity contribution in [3.8, 4) is 0 Å². The number of ether oxygens (including phenoxy) is 1. The largest absolute Gasteiger partial charge is 0.619 e. The number of esters is 1. The van der Waals surface area contributed by atoms with Crippen molar-refractivity contribution >= 4 is 11.9 Å². The van der Waals surface area contributed by atoms with Crippen LogP contribution < -0.4 is 4.73 Å². The minimum atomic E-state index is -0.564. The summed E-state index contributed by atoms with van der Waals surface area (Å²) < 4.78 is 5.86. The van der Waals surface area contributed by atoms with Gasteiger partial charge >= 0.3 is 5.97 Å².